The molecular weight excluding hydrogens is 296 g/mol. The van der Waals surface area contributed by atoms with E-state index in [0.29, 0.717) is 6.54 Å². The Morgan fingerprint density at radius 1 is 1.41 bits per heavy atom. The Morgan fingerprint density at radius 3 is 2.95 bits per heavy atom. The van der Waals surface area contributed by atoms with Crippen molar-refractivity contribution < 1.29 is 9.90 Å². The predicted octanol–water partition coefficient (Wildman–Crippen LogP) is 3.34. The third kappa shape index (κ3) is 3.20. The first-order valence-electron chi connectivity index (χ1n) is 7.59. The van der Waals surface area contributed by atoms with Crippen molar-refractivity contribution in [2.45, 2.75) is 25.8 Å². The van der Waals surface area contributed by atoms with Crippen LogP contribution in [-0.2, 0) is 4.79 Å². The predicted molar refractivity (Wildman–Crippen MR) is 87.1 cm³/mol. The minimum atomic E-state index is -0.688. The lowest BCUT2D eigenvalue weighted by Crippen LogP contribution is -2.41. The maximum absolute atomic E-state index is 11.4. The second kappa shape index (κ2) is 6.58. The standard InChI is InChI=1S/C17H20N2O2S/c1-12-5-2-7-14(18-12)16(15-8-4-10-22-15)19-9-3-6-13(11-19)17(20)21/h2,4-5,7-8,10,13,16H,3,6,9,11H2,1H3,(H,20,21). The molecule has 2 unspecified atom stereocenters. The SMILES string of the molecule is Cc1cccc(C(c2cccs2)N2CCCC(C(=O)O)C2)n1. The number of hydrogen-bond donors (Lipinski definition) is 1. The molecule has 5 heteroatoms. The normalized spacial score (nSPS) is 20.7. The van der Waals surface area contributed by atoms with E-state index in [9.17, 15) is 9.90 Å². The van der Waals surface area contributed by atoms with Crippen LogP contribution in [-0.4, -0.2) is 34.0 Å². The molecule has 1 aliphatic rings. The quantitative estimate of drug-likeness (QED) is 0.940. The molecular formula is C17H20N2O2S. The molecule has 1 aliphatic heterocycles. The van der Waals surface area contributed by atoms with Gasteiger partial charge in [0.15, 0.2) is 0 Å². The minimum Gasteiger partial charge on any atom is -0.481 e. The number of piperidine rings is 1. The van der Waals surface area contributed by atoms with Gasteiger partial charge >= 0.3 is 5.97 Å². The summed E-state index contributed by atoms with van der Waals surface area (Å²) < 4.78 is 0. The zero-order valence-corrected chi connectivity index (χ0v) is 13.4. The van der Waals surface area contributed by atoms with E-state index in [1.807, 2.05) is 31.2 Å². The summed E-state index contributed by atoms with van der Waals surface area (Å²) in [5, 5.41) is 11.4. The largest absolute Gasteiger partial charge is 0.481 e. The summed E-state index contributed by atoms with van der Waals surface area (Å²) in [6, 6.07) is 10.3. The molecule has 2 aromatic rings. The highest BCUT2D eigenvalue weighted by Crippen LogP contribution is 2.34. The molecule has 1 fully saturated rings. The molecule has 3 rings (SSSR count). The molecule has 0 aliphatic carbocycles. The van der Waals surface area contributed by atoms with Crippen LogP contribution in [0.2, 0.25) is 0 Å². The number of pyridine rings is 1. The van der Waals surface area contributed by atoms with E-state index < -0.39 is 5.97 Å². The number of thiophene rings is 1. The average Bonchev–Trinajstić information content (AvgIpc) is 3.02. The van der Waals surface area contributed by atoms with E-state index in [1.54, 1.807) is 11.3 Å². The maximum Gasteiger partial charge on any atom is 0.307 e. The highest BCUT2D eigenvalue weighted by atomic mass is 32.1. The van der Waals surface area contributed by atoms with Crippen LogP contribution < -0.4 is 0 Å². The molecule has 0 spiro atoms. The minimum absolute atomic E-state index is 0.0575. The summed E-state index contributed by atoms with van der Waals surface area (Å²) in [5.74, 6) is -0.965. The number of hydrogen-bond acceptors (Lipinski definition) is 4. The molecule has 0 bridgehead atoms. The van der Waals surface area contributed by atoms with Crippen LogP contribution in [0.3, 0.4) is 0 Å². The van der Waals surface area contributed by atoms with Gasteiger partial charge in [0.05, 0.1) is 17.7 Å². The molecule has 4 nitrogen and oxygen atoms in total. The first kappa shape index (κ1) is 15.2. The van der Waals surface area contributed by atoms with Gasteiger partial charge in [0.2, 0.25) is 0 Å². The molecule has 0 aromatic carbocycles. The van der Waals surface area contributed by atoms with E-state index in [2.05, 4.69) is 16.3 Å². The first-order chi connectivity index (χ1) is 10.6. The van der Waals surface area contributed by atoms with E-state index >= 15 is 0 Å². The number of aliphatic carboxylic acids is 1. The van der Waals surface area contributed by atoms with E-state index in [0.717, 1.165) is 30.8 Å². The Hall–Kier alpha value is -1.72. The van der Waals surface area contributed by atoms with Crippen molar-refractivity contribution in [1.82, 2.24) is 9.88 Å². The van der Waals surface area contributed by atoms with Gasteiger partial charge in [-0.05, 0) is 49.9 Å². The van der Waals surface area contributed by atoms with Crippen LogP contribution in [0.25, 0.3) is 0 Å². The molecule has 2 atom stereocenters. The molecule has 2 aromatic heterocycles. The van der Waals surface area contributed by atoms with Gasteiger partial charge in [0.1, 0.15) is 0 Å². The number of likely N-dealkylation sites (tertiary alicyclic amines) is 1. The zero-order valence-electron chi connectivity index (χ0n) is 12.6. The van der Waals surface area contributed by atoms with Gasteiger partial charge in [-0.3, -0.25) is 14.7 Å². The van der Waals surface area contributed by atoms with Gasteiger partial charge in [-0.25, -0.2) is 0 Å². The van der Waals surface area contributed by atoms with Gasteiger partial charge in [0, 0.05) is 17.1 Å². The Kier molecular flexibility index (Phi) is 4.55. The molecule has 116 valence electrons. The molecule has 22 heavy (non-hydrogen) atoms. The molecule has 1 N–H and O–H groups in total. The first-order valence-corrected chi connectivity index (χ1v) is 8.47. The summed E-state index contributed by atoms with van der Waals surface area (Å²) in [7, 11) is 0. The lowest BCUT2D eigenvalue weighted by atomic mass is 9.95. The van der Waals surface area contributed by atoms with E-state index in [1.165, 1.54) is 4.88 Å². The number of aromatic nitrogens is 1. The third-order valence-corrected chi connectivity index (χ3v) is 5.09. The van der Waals surface area contributed by atoms with Crippen LogP contribution in [0.1, 0.15) is 35.1 Å². The van der Waals surface area contributed by atoms with Gasteiger partial charge in [-0.1, -0.05) is 12.1 Å². The summed E-state index contributed by atoms with van der Waals surface area (Å²) in [4.78, 5) is 19.6. The van der Waals surface area contributed by atoms with Crippen LogP contribution in [0, 0.1) is 12.8 Å². The molecule has 3 heterocycles. The van der Waals surface area contributed by atoms with Crippen molar-refractivity contribution in [3.8, 4) is 0 Å². The monoisotopic (exact) mass is 316 g/mol. The summed E-state index contributed by atoms with van der Waals surface area (Å²) >= 11 is 1.71. The number of nitrogens with zero attached hydrogens (tertiary/aromatic N) is 2. The lowest BCUT2D eigenvalue weighted by Gasteiger charge is -2.36. The fourth-order valence-corrected chi connectivity index (χ4v) is 3.99. The van der Waals surface area contributed by atoms with Gasteiger partial charge < -0.3 is 5.11 Å². The van der Waals surface area contributed by atoms with Crippen molar-refractivity contribution in [2.75, 3.05) is 13.1 Å². The van der Waals surface area contributed by atoms with Crippen molar-refractivity contribution in [2.24, 2.45) is 5.92 Å². The number of carboxylic acids is 1. The number of carbonyl (C=O) groups is 1. The summed E-state index contributed by atoms with van der Waals surface area (Å²) in [5.41, 5.74) is 2.00. The fraction of sp³-hybridized carbons (Fsp3) is 0.412. The fourth-order valence-electron chi connectivity index (χ4n) is 3.12. The van der Waals surface area contributed by atoms with Crippen LogP contribution in [0.4, 0.5) is 0 Å². The Morgan fingerprint density at radius 2 is 2.27 bits per heavy atom. The summed E-state index contributed by atoms with van der Waals surface area (Å²) in [6.07, 6.45) is 1.69. The van der Waals surface area contributed by atoms with Gasteiger partial charge in [-0.2, -0.15) is 0 Å². The summed E-state index contributed by atoms with van der Waals surface area (Å²) in [6.45, 7) is 3.50. The average molecular weight is 316 g/mol. The zero-order chi connectivity index (χ0) is 15.5. The van der Waals surface area contributed by atoms with Crippen LogP contribution in [0.5, 0.6) is 0 Å². The molecule has 0 amide bonds. The number of carboxylic acid groups (broad SMARTS) is 1. The Bertz CT molecular complexity index is 642. The Labute approximate surface area is 134 Å². The Balaban J connectivity index is 1.94. The van der Waals surface area contributed by atoms with E-state index in [-0.39, 0.29) is 12.0 Å². The van der Waals surface area contributed by atoms with Crippen molar-refractivity contribution in [3.05, 3.63) is 52.0 Å². The third-order valence-electron chi connectivity index (χ3n) is 4.17. The molecule has 1 saturated heterocycles. The van der Waals surface area contributed by atoms with Crippen molar-refractivity contribution >= 4 is 17.3 Å². The smallest absolute Gasteiger partial charge is 0.307 e. The highest BCUT2D eigenvalue weighted by molar-refractivity contribution is 7.10. The van der Waals surface area contributed by atoms with Crippen molar-refractivity contribution in [3.63, 3.8) is 0 Å². The van der Waals surface area contributed by atoms with Gasteiger partial charge in [-0.15, -0.1) is 11.3 Å². The lowest BCUT2D eigenvalue weighted by molar-refractivity contribution is -0.143. The maximum atomic E-state index is 11.4. The topological polar surface area (TPSA) is 53.4 Å². The second-order valence-corrected chi connectivity index (χ2v) is 6.77. The number of aryl methyl sites for hydroxylation is 1. The van der Waals surface area contributed by atoms with Crippen LogP contribution in [0.15, 0.2) is 35.7 Å². The van der Waals surface area contributed by atoms with Crippen molar-refractivity contribution in [1.29, 1.82) is 0 Å². The van der Waals surface area contributed by atoms with E-state index in [4.69, 9.17) is 4.98 Å². The highest BCUT2D eigenvalue weighted by Gasteiger charge is 2.32. The molecule has 0 saturated carbocycles. The second-order valence-electron chi connectivity index (χ2n) is 5.79. The van der Waals surface area contributed by atoms with Crippen LogP contribution >= 0.6 is 11.3 Å². The van der Waals surface area contributed by atoms with Gasteiger partial charge in [0.25, 0.3) is 0 Å². The number of rotatable bonds is 4. The molecule has 0 radical (unpaired) electrons.